The van der Waals surface area contributed by atoms with Crippen LogP contribution in [-0.2, 0) is 13.0 Å². The molecule has 1 aromatic heterocycles. The van der Waals surface area contributed by atoms with E-state index in [4.69, 9.17) is 0 Å². The molecule has 0 amide bonds. The van der Waals surface area contributed by atoms with Crippen LogP contribution >= 0.6 is 0 Å². The van der Waals surface area contributed by atoms with Crippen molar-refractivity contribution in [2.24, 2.45) is 0 Å². The first-order chi connectivity index (χ1) is 9.15. The van der Waals surface area contributed by atoms with Gasteiger partial charge in [0.15, 0.2) is 5.78 Å². The summed E-state index contributed by atoms with van der Waals surface area (Å²) in [5.41, 5.74) is 3.97. The second-order valence-electron chi connectivity index (χ2n) is 5.14. The molecule has 0 bridgehead atoms. The minimum Gasteiger partial charge on any atom is -0.344 e. The topological polar surface area (TPSA) is 22.0 Å². The molecule has 2 aromatic rings. The van der Waals surface area contributed by atoms with Crippen LogP contribution in [-0.4, -0.2) is 10.4 Å². The maximum absolute atomic E-state index is 13.2. The molecule has 0 fully saturated rings. The van der Waals surface area contributed by atoms with Gasteiger partial charge in [0.1, 0.15) is 5.82 Å². The van der Waals surface area contributed by atoms with Gasteiger partial charge in [-0.25, -0.2) is 4.39 Å². The normalized spacial score (nSPS) is 14.5. The van der Waals surface area contributed by atoms with Gasteiger partial charge in [-0.3, -0.25) is 4.79 Å². The Kier molecular flexibility index (Phi) is 2.97. The van der Waals surface area contributed by atoms with Crippen molar-refractivity contribution in [1.29, 1.82) is 0 Å². The van der Waals surface area contributed by atoms with E-state index in [-0.39, 0.29) is 11.6 Å². The van der Waals surface area contributed by atoms with Gasteiger partial charge in [0.25, 0.3) is 0 Å². The summed E-state index contributed by atoms with van der Waals surface area (Å²) in [6.45, 7) is 2.64. The maximum atomic E-state index is 13.2. The molecule has 1 heterocycles. The Morgan fingerprint density at radius 3 is 2.89 bits per heavy atom. The molecule has 0 saturated carbocycles. The third-order valence-corrected chi connectivity index (χ3v) is 3.76. The standard InChI is InChI=1S/C16H16FNO/c1-11-8-14-15(6-3-7-16(14)19)18(11)10-12-4-2-5-13(17)9-12/h2,4-5,8-9H,3,6-7,10H2,1H3. The number of hydrogen-bond donors (Lipinski definition) is 0. The lowest BCUT2D eigenvalue weighted by Crippen LogP contribution is -2.14. The zero-order chi connectivity index (χ0) is 13.4. The summed E-state index contributed by atoms with van der Waals surface area (Å²) in [4.78, 5) is 11.9. The maximum Gasteiger partial charge on any atom is 0.164 e. The van der Waals surface area contributed by atoms with Crippen LogP contribution < -0.4 is 0 Å². The summed E-state index contributed by atoms with van der Waals surface area (Å²) in [5.74, 6) is 0.0228. The quantitative estimate of drug-likeness (QED) is 0.807. The summed E-state index contributed by atoms with van der Waals surface area (Å²) in [6, 6.07) is 8.61. The van der Waals surface area contributed by atoms with Gasteiger partial charge in [0.2, 0.25) is 0 Å². The number of carbonyl (C=O) groups excluding carboxylic acids is 1. The average molecular weight is 257 g/mol. The minimum atomic E-state index is -0.216. The molecule has 0 atom stereocenters. The lowest BCUT2D eigenvalue weighted by Gasteiger charge is -2.16. The number of rotatable bonds is 2. The summed E-state index contributed by atoms with van der Waals surface area (Å²) in [7, 11) is 0. The number of ketones is 1. The third-order valence-electron chi connectivity index (χ3n) is 3.76. The van der Waals surface area contributed by atoms with Gasteiger partial charge in [-0.05, 0) is 43.5 Å². The van der Waals surface area contributed by atoms with E-state index < -0.39 is 0 Å². The number of Topliss-reactive ketones (excluding diaryl/α,β-unsaturated/α-hetero) is 1. The van der Waals surface area contributed by atoms with E-state index in [0.717, 1.165) is 35.4 Å². The molecule has 98 valence electrons. The molecule has 0 radical (unpaired) electrons. The highest BCUT2D eigenvalue weighted by Gasteiger charge is 2.22. The zero-order valence-corrected chi connectivity index (χ0v) is 10.9. The molecule has 3 rings (SSSR count). The van der Waals surface area contributed by atoms with Crippen molar-refractivity contribution in [3.63, 3.8) is 0 Å². The molecule has 1 aliphatic carbocycles. The van der Waals surface area contributed by atoms with Crippen molar-refractivity contribution < 1.29 is 9.18 Å². The molecule has 0 spiro atoms. The van der Waals surface area contributed by atoms with Crippen molar-refractivity contribution in [2.45, 2.75) is 32.7 Å². The van der Waals surface area contributed by atoms with Crippen molar-refractivity contribution in [3.8, 4) is 0 Å². The number of hydrogen-bond acceptors (Lipinski definition) is 1. The van der Waals surface area contributed by atoms with Gasteiger partial charge in [0, 0.05) is 29.9 Å². The van der Waals surface area contributed by atoms with E-state index in [1.165, 1.54) is 6.07 Å². The monoisotopic (exact) mass is 257 g/mol. The highest BCUT2D eigenvalue weighted by molar-refractivity contribution is 5.98. The van der Waals surface area contributed by atoms with E-state index in [9.17, 15) is 9.18 Å². The van der Waals surface area contributed by atoms with Gasteiger partial charge in [-0.1, -0.05) is 12.1 Å². The van der Waals surface area contributed by atoms with Crippen molar-refractivity contribution in [1.82, 2.24) is 4.57 Å². The molecule has 2 nitrogen and oxygen atoms in total. The Labute approximate surface area is 111 Å². The van der Waals surface area contributed by atoms with Crippen LogP contribution in [0.25, 0.3) is 0 Å². The van der Waals surface area contributed by atoms with Crippen LogP contribution in [0.4, 0.5) is 4.39 Å². The lowest BCUT2D eigenvalue weighted by molar-refractivity contribution is 0.0972. The zero-order valence-electron chi connectivity index (χ0n) is 10.9. The van der Waals surface area contributed by atoms with Crippen LogP contribution in [0.2, 0.25) is 0 Å². The second-order valence-corrected chi connectivity index (χ2v) is 5.14. The molecule has 0 saturated heterocycles. The summed E-state index contributed by atoms with van der Waals surface area (Å²) in [5, 5.41) is 0. The van der Waals surface area contributed by atoms with Crippen molar-refractivity contribution in [2.75, 3.05) is 0 Å². The fourth-order valence-electron chi connectivity index (χ4n) is 2.83. The highest BCUT2D eigenvalue weighted by Crippen LogP contribution is 2.25. The smallest absolute Gasteiger partial charge is 0.164 e. The van der Waals surface area contributed by atoms with E-state index in [1.54, 1.807) is 12.1 Å². The van der Waals surface area contributed by atoms with Crippen LogP contribution in [0.3, 0.4) is 0 Å². The predicted molar refractivity (Wildman–Crippen MR) is 71.9 cm³/mol. The predicted octanol–water partition coefficient (Wildman–Crippen LogP) is 3.50. The Morgan fingerprint density at radius 1 is 1.26 bits per heavy atom. The van der Waals surface area contributed by atoms with Gasteiger partial charge < -0.3 is 4.57 Å². The first-order valence-electron chi connectivity index (χ1n) is 6.62. The van der Waals surface area contributed by atoms with Crippen LogP contribution in [0.1, 0.15) is 40.2 Å². The molecule has 1 aromatic carbocycles. The molecule has 19 heavy (non-hydrogen) atoms. The molecular formula is C16H16FNO. The Hall–Kier alpha value is -1.90. The molecule has 0 aliphatic heterocycles. The molecular weight excluding hydrogens is 241 g/mol. The Bertz CT molecular complexity index is 642. The number of halogens is 1. The largest absolute Gasteiger partial charge is 0.344 e. The number of fused-ring (bicyclic) bond motifs is 1. The van der Waals surface area contributed by atoms with E-state index in [0.29, 0.717) is 13.0 Å². The minimum absolute atomic E-state index is 0.216. The number of aromatic nitrogens is 1. The number of carbonyl (C=O) groups is 1. The number of nitrogens with zero attached hydrogens (tertiary/aromatic N) is 1. The van der Waals surface area contributed by atoms with E-state index in [2.05, 4.69) is 4.57 Å². The van der Waals surface area contributed by atoms with Crippen LogP contribution in [0.15, 0.2) is 30.3 Å². The fourth-order valence-corrected chi connectivity index (χ4v) is 2.83. The molecule has 1 aliphatic rings. The van der Waals surface area contributed by atoms with E-state index >= 15 is 0 Å². The summed E-state index contributed by atoms with van der Waals surface area (Å²) < 4.78 is 15.4. The molecule has 0 N–H and O–H groups in total. The summed E-state index contributed by atoms with van der Waals surface area (Å²) >= 11 is 0. The molecule has 3 heteroatoms. The Morgan fingerprint density at radius 2 is 2.11 bits per heavy atom. The highest BCUT2D eigenvalue weighted by atomic mass is 19.1. The summed E-state index contributed by atoms with van der Waals surface area (Å²) in [6.07, 6.45) is 2.50. The average Bonchev–Trinajstić information content (AvgIpc) is 2.69. The van der Waals surface area contributed by atoms with Crippen LogP contribution in [0.5, 0.6) is 0 Å². The third kappa shape index (κ3) is 2.21. The number of aryl methyl sites for hydroxylation is 1. The second kappa shape index (κ2) is 4.65. The van der Waals surface area contributed by atoms with Gasteiger partial charge in [-0.15, -0.1) is 0 Å². The van der Waals surface area contributed by atoms with Gasteiger partial charge in [-0.2, -0.15) is 0 Å². The first-order valence-corrected chi connectivity index (χ1v) is 6.62. The van der Waals surface area contributed by atoms with Gasteiger partial charge >= 0.3 is 0 Å². The SMILES string of the molecule is Cc1cc2c(n1Cc1cccc(F)c1)CCCC2=O. The Balaban J connectivity index is 1.99. The number of benzene rings is 1. The van der Waals surface area contributed by atoms with Gasteiger partial charge in [0.05, 0.1) is 0 Å². The van der Waals surface area contributed by atoms with E-state index in [1.807, 2.05) is 19.1 Å². The van der Waals surface area contributed by atoms with Crippen LogP contribution in [0, 0.1) is 12.7 Å². The molecule has 0 unspecified atom stereocenters. The van der Waals surface area contributed by atoms with Crippen molar-refractivity contribution >= 4 is 5.78 Å². The first kappa shape index (κ1) is 12.2. The van der Waals surface area contributed by atoms with Crippen molar-refractivity contribution in [3.05, 3.63) is 58.7 Å². The fraction of sp³-hybridized carbons (Fsp3) is 0.312. The lowest BCUT2D eigenvalue weighted by atomic mass is 9.96.